The number of amides is 1. The number of hydrogen-bond acceptors (Lipinski definition) is 3. The SMILES string of the molecule is Cc1cccc(C)c1N(CC(=O)O)C(=O)C(=O)O. The lowest BCUT2D eigenvalue weighted by Gasteiger charge is -2.22. The van der Waals surface area contributed by atoms with Gasteiger partial charge in [0.25, 0.3) is 0 Å². The van der Waals surface area contributed by atoms with Crippen molar-refractivity contribution in [2.45, 2.75) is 13.8 Å². The zero-order valence-electron chi connectivity index (χ0n) is 10.0. The molecule has 18 heavy (non-hydrogen) atoms. The fourth-order valence-electron chi connectivity index (χ4n) is 1.73. The first-order valence-corrected chi connectivity index (χ1v) is 5.17. The largest absolute Gasteiger partial charge is 0.480 e. The van der Waals surface area contributed by atoms with E-state index in [2.05, 4.69) is 0 Å². The van der Waals surface area contributed by atoms with Gasteiger partial charge in [0.2, 0.25) is 0 Å². The van der Waals surface area contributed by atoms with Crippen LogP contribution in [-0.4, -0.2) is 34.6 Å². The first kappa shape index (κ1) is 13.7. The Morgan fingerprint density at radius 1 is 1.11 bits per heavy atom. The lowest BCUT2D eigenvalue weighted by atomic mass is 10.1. The summed E-state index contributed by atoms with van der Waals surface area (Å²) in [7, 11) is 0. The van der Waals surface area contributed by atoms with Gasteiger partial charge in [0.1, 0.15) is 6.54 Å². The molecule has 0 fully saturated rings. The summed E-state index contributed by atoms with van der Waals surface area (Å²) in [6.45, 7) is 2.69. The van der Waals surface area contributed by atoms with E-state index in [0.29, 0.717) is 16.8 Å². The van der Waals surface area contributed by atoms with E-state index in [1.165, 1.54) is 0 Å². The number of anilines is 1. The number of benzene rings is 1. The predicted molar refractivity (Wildman–Crippen MR) is 63.5 cm³/mol. The first-order valence-electron chi connectivity index (χ1n) is 5.17. The number of rotatable bonds is 3. The minimum atomic E-state index is -1.68. The average molecular weight is 251 g/mol. The van der Waals surface area contributed by atoms with Crippen LogP contribution in [0.15, 0.2) is 18.2 Å². The number of nitrogens with zero attached hydrogens (tertiary/aromatic N) is 1. The molecule has 0 aliphatic carbocycles. The van der Waals surface area contributed by atoms with Gasteiger partial charge in [0.15, 0.2) is 0 Å². The number of aryl methyl sites for hydroxylation is 2. The van der Waals surface area contributed by atoms with E-state index >= 15 is 0 Å². The maximum atomic E-state index is 11.5. The number of hydrogen-bond donors (Lipinski definition) is 2. The molecule has 1 aromatic rings. The molecule has 0 aliphatic heterocycles. The molecular weight excluding hydrogens is 238 g/mol. The smallest absolute Gasteiger partial charge is 0.394 e. The van der Waals surface area contributed by atoms with Crippen molar-refractivity contribution in [1.82, 2.24) is 0 Å². The second kappa shape index (κ2) is 5.31. The average Bonchev–Trinajstić information content (AvgIpc) is 2.25. The number of aliphatic carboxylic acids is 2. The highest BCUT2D eigenvalue weighted by Gasteiger charge is 2.26. The number of para-hydroxylation sites is 1. The minimum absolute atomic E-state index is 0.326. The van der Waals surface area contributed by atoms with Crippen LogP contribution in [0.2, 0.25) is 0 Å². The molecular formula is C12H13NO5. The van der Waals surface area contributed by atoms with E-state index < -0.39 is 24.4 Å². The molecule has 0 saturated carbocycles. The summed E-state index contributed by atoms with van der Waals surface area (Å²) < 4.78 is 0. The van der Waals surface area contributed by atoms with Crippen LogP contribution in [0.4, 0.5) is 5.69 Å². The van der Waals surface area contributed by atoms with Gasteiger partial charge in [-0.25, -0.2) is 4.79 Å². The van der Waals surface area contributed by atoms with Gasteiger partial charge in [-0.2, -0.15) is 0 Å². The normalized spacial score (nSPS) is 9.89. The molecule has 6 nitrogen and oxygen atoms in total. The summed E-state index contributed by atoms with van der Waals surface area (Å²) >= 11 is 0. The Labute approximate surface area is 103 Å². The topological polar surface area (TPSA) is 94.9 Å². The maximum Gasteiger partial charge on any atom is 0.394 e. The summed E-state index contributed by atoms with van der Waals surface area (Å²) in [5.74, 6) is -4.21. The van der Waals surface area contributed by atoms with Gasteiger partial charge in [-0.1, -0.05) is 18.2 Å². The summed E-state index contributed by atoms with van der Waals surface area (Å²) in [5.41, 5.74) is 1.61. The molecule has 0 saturated heterocycles. The second-order valence-corrected chi connectivity index (χ2v) is 3.83. The highest BCUT2D eigenvalue weighted by Crippen LogP contribution is 2.24. The van der Waals surface area contributed by atoms with Crippen LogP contribution in [0, 0.1) is 13.8 Å². The first-order chi connectivity index (χ1) is 8.34. The third kappa shape index (κ3) is 2.85. The van der Waals surface area contributed by atoms with Gasteiger partial charge < -0.3 is 10.2 Å². The Kier molecular flexibility index (Phi) is 4.04. The number of carboxylic acids is 2. The Morgan fingerprint density at radius 3 is 2.00 bits per heavy atom. The molecule has 96 valence electrons. The quantitative estimate of drug-likeness (QED) is 0.775. The molecule has 1 aromatic carbocycles. The van der Waals surface area contributed by atoms with Gasteiger partial charge >= 0.3 is 17.8 Å². The molecule has 2 N–H and O–H groups in total. The maximum absolute atomic E-state index is 11.5. The third-order valence-corrected chi connectivity index (χ3v) is 2.43. The fraction of sp³-hybridized carbons (Fsp3) is 0.250. The van der Waals surface area contributed by atoms with E-state index in [4.69, 9.17) is 10.2 Å². The van der Waals surface area contributed by atoms with Crippen molar-refractivity contribution in [2.75, 3.05) is 11.4 Å². The van der Waals surface area contributed by atoms with E-state index in [-0.39, 0.29) is 0 Å². The van der Waals surface area contributed by atoms with Crippen LogP contribution in [0.25, 0.3) is 0 Å². The number of carbonyl (C=O) groups excluding carboxylic acids is 1. The second-order valence-electron chi connectivity index (χ2n) is 3.83. The number of carbonyl (C=O) groups is 3. The Morgan fingerprint density at radius 2 is 1.61 bits per heavy atom. The summed E-state index contributed by atoms with van der Waals surface area (Å²) in [4.78, 5) is 33.8. The molecule has 1 amide bonds. The lowest BCUT2D eigenvalue weighted by molar-refractivity contribution is -0.149. The van der Waals surface area contributed by atoms with E-state index in [9.17, 15) is 14.4 Å². The molecule has 0 spiro atoms. The highest BCUT2D eigenvalue weighted by molar-refractivity contribution is 6.38. The van der Waals surface area contributed by atoms with Gasteiger partial charge in [0.05, 0.1) is 5.69 Å². The Bertz CT molecular complexity index is 489. The van der Waals surface area contributed by atoms with Gasteiger partial charge in [-0.3, -0.25) is 14.5 Å². The van der Waals surface area contributed by atoms with Crippen LogP contribution in [0.1, 0.15) is 11.1 Å². The van der Waals surface area contributed by atoms with Crippen molar-refractivity contribution < 1.29 is 24.6 Å². The van der Waals surface area contributed by atoms with Crippen LogP contribution in [0.5, 0.6) is 0 Å². The minimum Gasteiger partial charge on any atom is -0.480 e. The summed E-state index contributed by atoms with van der Waals surface area (Å²) in [6, 6.07) is 5.12. The predicted octanol–water partition coefficient (Wildman–Crippen LogP) is 0.806. The van der Waals surface area contributed by atoms with Gasteiger partial charge in [-0.15, -0.1) is 0 Å². The van der Waals surface area contributed by atoms with Crippen LogP contribution >= 0.6 is 0 Å². The molecule has 0 aromatic heterocycles. The van der Waals surface area contributed by atoms with Crippen molar-refractivity contribution in [1.29, 1.82) is 0 Å². The highest BCUT2D eigenvalue weighted by atomic mass is 16.4. The molecule has 0 unspecified atom stereocenters. The van der Waals surface area contributed by atoms with Crippen molar-refractivity contribution >= 4 is 23.5 Å². The molecule has 0 bridgehead atoms. The molecule has 0 radical (unpaired) electrons. The molecule has 0 heterocycles. The molecule has 1 rings (SSSR count). The van der Waals surface area contributed by atoms with E-state index in [1.54, 1.807) is 32.0 Å². The zero-order valence-corrected chi connectivity index (χ0v) is 10.0. The molecule has 0 atom stereocenters. The van der Waals surface area contributed by atoms with Gasteiger partial charge in [0, 0.05) is 0 Å². The van der Waals surface area contributed by atoms with Crippen molar-refractivity contribution in [2.24, 2.45) is 0 Å². The molecule has 6 heteroatoms. The van der Waals surface area contributed by atoms with Gasteiger partial charge in [-0.05, 0) is 25.0 Å². The fourth-order valence-corrected chi connectivity index (χ4v) is 1.73. The summed E-state index contributed by atoms with van der Waals surface area (Å²) in [5, 5.41) is 17.5. The lowest BCUT2D eigenvalue weighted by Crippen LogP contribution is -2.40. The van der Waals surface area contributed by atoms with Crippen molar-refractivity contribution in [3.8, 4) is 0 Å². The summed E-state index contributed by atoms with van der Waals surface area (Å²) in [6.07, 6.45) is 0. The van der Waals surface area contributed by atoms with Crippen molar-refractivity contribution in [3.63, 3.8) is 0 Å². The number of carboxylic acid groups (broad SMARTS) is 2. The third-order valence-electron chi connectivity index (χ3n) is 2.43. The van der Waals surface area contributed by atoms with E-state index in [0.717, 1.165) is 4.90 Å². The Balaban J connectivity index is 3.30. The zero-order chi connectivity index (χ0) is 13.9. The van der Waals surface area contributed by atoms with Crippen LogP contribution < -0.4 is 4.90 Å². The standard InChI is InChI=1S/C12H13NO5/c1-7-4-3-5-8(2)10(7)13(6-9(14)15)11(16)12(17)18/h3-5H,6H2,1-2H3,(H,14,15)(H,17,18). The van der Waals surface area contributed by atoms with E-state index in [1.807, 2.05) is 0 Å². The Hall–Kier alpha value is -2.37. The van der Waals surface area contributed by atoms with Crippen molar-refractivity contribution in [3.05, 3.63) is 29.3 Å². The van der Waals surface area contributed by atoms with Crippen LogP contribution in [-0.2, 0) is 14.4 Å². The monoisotopic (exact) mass is 251 g/mol. The molecule has 0 aliphatic rings. The van der Waals surface area contributed by atoms with Crippen LogP contribution in [0.3, 0.4) is 0 Å².